The molecule has 1 aliphatic rings. The van der Waals surface area contributed by atoms with Crippen molar-refractivity contribution in [1.29, 1.82) is 0 Å². The average molecular weight is 451 g/mol. The number of carbonyl (C=O) groups excluding carboxylic acids is 1. The van der Waals surface area contributed by atoms with Crippen molar-refractivity contribution >= 4 is 44.5 Å². The minimum Gasteiger partial charge on any atom is -0.493 e. The number of fused-ring (bicyclic) bond motifs is 1. The third-order valence-corrected chi connectivity index (χ3v) is 7.28. The highest BCUT2D eigenvalue weighted by Crippen LogP contribution is 2.45. The summed E-state index contributed by atoms with van der Waals surface area (Å²) in [4.78, 5) is 12.8. The maximum atomic E-state index is 13.4. The van der Waals surface area contributed by atoms with Crippen LogP contribution in [0.1, 0.15) is 25.0 Å². The van der Waals surface area contributed by atoms with Gasteiger partial charge >= 0.3 is 0 Å². The van der Waals surface area contributed by atoms with Crippen molar-refractivity contribution < 1.29 is 22.7 Å². The maximum absolute atomic E-state index is 13.4. The molecule has 0 unspecified atom stereocenters. The highest BCUT2D eigenvalue weighted by molar-refractivity contribution is 7.97. The van der Waals surface area contributed by atoms with E-state index >= 15 is 0 Å². The number of halogens is 1. The van der Waals surface area contributed by atoms with E-state index in [1.165, 1.54) is 18.5 Å². The molecule has 3 rings (SSSR count). The maximum Gasteiger partial charge on any atom is 0.270 e. The highest BCUT2D eigenvalue weighted by Gasteiger charge is 2.39. The van der Waals surface area contributed by atoms with Gasteiger partial charge in [-0.3, -0.25) is 9.10 Å². The number of carbonyl (C=O) groups is 1. The number of sulfonamides is 1. The van der Waals surface area contributed by atoms with Gasteiger partial charge in [0.1, 0.15) is 0 Å². The Morgan fingerprint density at radius 3 is 2.33 bits per heavy atom. The fraction of sp³-hybridized carbons (Fsp3) is 0.286. The van der Waals surface area contributed by atoms with E-state index in [0.717, 1.165) is 5.56 Å². The number of hydrogen-bond donors (Lipinski definition) is 1. The molecule has 9 heteroatoms. The summed E-state index contributed by atoms with van der Waals surface area (Å²) in [5.41, 5.74) is 2.55. The van der Waals surface area contributed by atoms with E-state index in [-0.39, 0.29) is 11.4 Å². The molecule has 160 valence electrons. The van der Waals surface area contributed by atoms with Gasteiger partial charge in [-0.15, -0.1) is 0 Å². The van der Waals surface area contributed by atoms with Gasteiger partial charge in [0, 0.05) is 28.9 Å². The smallest absolute Gasteiger partial charge is 0.270 e. The van der Waals surface area contributed by atoms with E-state index in [9.17, 15) is 13.2 Å². The van der Waals surface area contributed by atoms with Crippen molar-refractivity contribution in [3.8, 4) is 11.5 Å². The molecule has 1 N–H and O–H groups in total. The van der Waals surface area contributed by atoms with Crippen LogP contribution in [-0.4, -0.2) is 35.1 Å². The first kappa shape index (κ1) is 22.0. The van der Waals surface area contributed by atoms with Crippen LogP contribution in [0.15, 0.2) is 35.2 Å². The fourth-order valence-electron chi connectivity index (χ4n) is 3.47. The predicted molar refractivity (Wildman–Crippen MR) is 119 cm³/mol. The zero-order chi connectivity index (χ0) is 22.2. The lowest BCUT2D eigenvalue weighted by molar-refractivity contribution is -0.112. The molecule has 0 bridgehead atoms. The van der Waals surface area contributed by atoms with Crippen LogP contribution in [0.2, 0.25) is 5.02 Å². The second-order valence-corrected chi connectivity index (χ2v) is 9.00. The molecule has 1 aliphatic heterocycles. The zero-order valence-electron chi connectivity index (χ0n) is 17.4. The molecule has 7 nitrogen and oxygen atoms in total. The second-order valence-electron chi connectivity index (χ2n) is 6.76. The number of allylic oxidation sites excluding steroid dienone is 1. The Balaban J connectivity index is 2.20. The number of nitrogens with zero attached hydrogens (tertiary/aromatic N) is 1. The van der Waals surface area contributed by atoms with Crippen LogP contribution in [0.25, 0.3) is 5.57 Å². The Morgan fingerprint density at radius 2 is 1.73 bits per heavy atom. The number of rotatable bonds is 5. The van der Waals surface area contributed by atoms with E-state index in [0.29, 0.717) is 39.0 Å². The summed E-state index contributed by atoms with van der Waals surface area (Å²) in [6.07, 6.45) is 0. The summed E-state index contributed by atoms with van der Waals surface area (Å²) in [5, 5.41) is 3.13. The molecule has 0 aliphatic carbocycles. The van der Waals surface area contributed by atoms with Crippen molar-refractivity contribution in [2.75, 3.05) is 30.4 Å². The number of aryl methyl sites for hydroxylation is 1. The van der Waals surface area contributed by atoms with Gasteiger partial charge in [0.2, 0.25) is 0 Å². The Hall–Kier alpha value is -2.71. The molecule has 0 spiro atoms. The largest absolute Gasteiger partial charge is 0.493 e. The van der Waals surface area contributed by atoms with Crippen LogP contribution in [-0.2, 0) is 14.8 Å². The number of nitrogens with one attached hydrogen (secondary N) is 1. The standard InChI is InChI=1S/C21H23ClN2O5S/c1-6-24-17-11-19(29-5)18(28-4)10-15(17)13(3)20(30(24,26)27)21(25)23-16-9-14(22)8-7-12(16)2/h7-11H,6H2,1-5H3,(H,23,25). The lowest BCUT2D eigenvalue weighted by Crippen LogP contribution is -2.39. The molecular weight excluding hydrogens is 428 g/mol. The average Bonchev–Trinajstić information content (AvgIpc) is 2.69. The second kappa shape index (κ2) is 8.20. The molecule has 0 fully saturated rings. The number of anilines is 2. The quantitative estimate of drug-likeness (QED) is 0.737. The minimum absolute atomic E-state index is 0.144. The number of hydrogen-bond acceptors (Lipinski definition) is 5. The molecule has 0 radical (unpaired) electrons. The minimum atomic E-state index is -4.09. The van der Waals surface area contributed by atoms with E-state index in [4.69, 9.17) is 21.1 Å². The van der Waals surface area contributed by atoms with Crippen LogP contribution in [0.4, 0.5) is 11.4 Å². The van der Waals surface area contributed by atoms with E-state index in [1.54, 1.807) is 51.1 Å². The van der Waals surface area contributed by atoms with Gasteiger partial charge < -0.3 is 14.8 Å². The zero-order valence-corrected chi connectivity index (χ0v) is 18.9. The van der Waals surface area contributed by atoms with Crippen LogP contribution < -0.4 is 19.1 Å². The third kappa shape index (κ3) is 3.61. The third-order valence-electron chi connectivity index (χ3n) is 5.00. The predicted octanol–water partition coefficient (Wildman–Crippen LogP) is 4.21. The molecule has 1 amide bonds. The van der Waals surface area contributed by atoms with E-state index in [2.05, 4.69) is 5.32 Å². The summed E-state index contributed by atoms with van der Waals surface area (Å²) in [7, 11) is -1.12. The molecule has 2 aromatic rings. The lowest BCUT2D eigenvalue weighted by atomic mass is 10.0. The van der Waals surface area contributed by atoms with Gasteiger partial charge in [-0.2, -0.15) is 0 Å². The number of methoxy groups -OCH3 is 2. The van der Waals surface area contributed by atoms with Crippen molar-refractivity contribution in [2.24, 2.45) is 0 Å². The van der Waals surface area contributed by atoms with Crippen molar-refractivity contribution in [1.82, 2.24) is 0 Å². The molecule has 0 saturated heterocycles. The molecule has 0 saturated carbocycles. The van der Waals surface area contributed by atoms with Crippen LogP contribution in [0.3, 0.4) is 0 Å². The Morgan fingerprint density at radius 1 is 1.10 bits per heavy atom. The topological polar surface area (TPSA) is 84.9 Å². The van der Waals surface area contributed by atoms with E-state index in [1.807, 2.05) is 0 Å². The SMILES string of the molecule is CCN1c2cc(OC)c(OC)cc2C(C)=C(C(=O)Nc2cc(Cl)ccc2C)S1(=O)=O. The van der Waals surface area contributed by atoms with Gasteiger partial charge in [0.15, 0.2) is 16.4 Å². The van der Waals surface area contributed by atoms with Crippen molar-refractivity contribution in [2.45, 2.75) is 20.8 Å². The first-order valence-corrected chi connectivity index (χ1v) is 11.0. The molecule has 1 heterocycles. The van der Waals surface area contributed by atoms with Crippen molar-refractivity contribution in [3.63, 3.8) is 0 Å². The number of benzene rings is 2. The van der Waals surface area contributed by atoms with Gasteiger partial charge in [0.05, 0.1) is 19.9 Å². The van der Waals surface area contributed by atoms with Crippen LogP contribution >= 0.6 is 11.6 Å². The molecule has 0 atom stereocenters. The molecular formula is C21H23ClN2O5S. The van der Waals surface area contributed by atoms with Gasteiger partial charge in [-0.1, -0.05) is 17.7 Å². The van der Waals surface area contributed by atoms with Crippen LogP contribution in [0.5, 0.6) is 11.5 Å². The Labute approximate surface area is 181 Å². The van der Waals surface area contributed by atoms with Gasteiger partial charge in [0.25, 0.3) is 15.9 Å². The summed E-state index contributed by atoms with van der Waals surface area (Å²) in [6.45, 7) is 5.25. The Kier molecular flexibility index (Phi) is 6.01. The molecule has 30 heavy (non-hydrogen) atoms. The Bertz CT molecular complexity index is 1160. The number of amides is 1. The normalized spacial score (nSPS) is 14.9. The van der Waals surface area contributed by atoms with Gasteiger partial charge in [-0.05, 0) is 50.1 Å². The first-order valence-electron chi connectivity index (χ1n) is 9.23. The van der Waals surface area contributed by atoms with Crippen molar-refractivity contribution in [3.05, 3.63) is 51.4 Å². The summed E-state index contributed by atoms with van der Waals surface area (Å²) in [5.74, 6) is 0.119. The molecule has 2 aromatic carbocycles. The molecule has 0 aromatic heterocycles. The fourth-order valence-corrected chi connectivity index (χ4v) is 5.39. The summed E-state index contributed by atoms with van der Waals surface area (Å²) in [6, 6.07) is 8.31. The van der Waals surface area contributed by atoms with Crippen LogP contribution in [0, 0.1) is 6.92 Å². The summed E-state index contributed by atoms with van der Waals surface area (Å²) >= 11 is 6.03. The van der Waals surface area contributed by atoms with E-state index < -0.39 is 15.9 Å². The first-order chi connectivity index (χ1) is 14.1. The monoisotopic (exact) mass is 450 g/mol. The highest BCUT2D eigenvalue weighted by atomic mass is 35.5. The lowest BCUT2D eigenvalue weighted by Gasteiger charge is -2.32. The number of ether oxygens (including phenoxy) is 2. The summed E-state index contributed by atoms with van der Waals surface area (Å²) < 4.78 is 38.6. The van der Waals surface area contributed by atoms with Gasteiger partial charge in [-0.25, -0.2) is 8.42 Å².